The Bertz CT molecular complexity index is 611. The first-order chi connectivity index (χ1) is 10.5. The van der Waals surface area contributed by atoms with Gasteiger partial charge in [0, 0.05) is 18.9 Å². The van der Waals surface area contributed by atoms with Gasteiger partial charge in [-0.15, -0.1) is 0 Å². The van der Waals surface area contributed by atoms with Crippen molar-refractivity contribution in [1.82, 2.24) is 9.55 Å². The second kappa shape index (κ2) is 7.16. The summed E-state index contributed by atoms with van der Waals surface area (Å²) in [6.07, 6.45) is -2.46. The summed E-state index contributed by atoms with van der Waals surface area (Å²) in [7, 11) is 1.51. The number of aliphatic hydroxyl groups excluding tert-OH is 2. The van der Waals surface area contributed by atoms with Crippen molar-refractivity contribution in [1.29, 1.82) is 0 Å². The van der Waals surface area contributed by atoms with E-state index in [0.29, 0.717) is 12.2 Å². The summed E-state index contributed by atoms with van der Waals surface area (Å²) in [4.78, 5) is 25.6. The Balaban J connectivity index is 2.31. The van der Waals surface area contributed by atoms with E-state index in [1.54, 1.807) is 6.92 Å². The summed E-state index contributed by atoms with van der Waals surface area (Å²) in [5.74, 6) is 0. The zero-order chi connectivity index (χ0) is 16.3. The van der Waals surface area contributed by atoms with Crippen molar-refractivity contribution in [2.75, 3.05) is 26.9 Å². The number of methoxy groups -OCH3 is 1. The molecule has 2 rings (SSSR count). The molecule has 2 heterocycles. The van der Waals surface area contributed by atoms with E-state index in [9.17, 15) is 19.8 Å². The fourth-order valence-electron chi connectivity index (χ4n) is 2.32. The van der Waals surface area contributed by atoms with Gasteiger partial charge in [-0.3, -0.25) is 14.3 Å². The molecule has 1 fully saturated rings. The molecule has 0 spiro atoms. The number of aryl methyl sites for hydroxylation is 1. The highest BCUT2D eigenvalue weighted by Crippen LogP contribution is 2.30. The molecule has 0 aromatic carbocycles. The van der Waals surface area contributed by atoms with Gasteiger partial charge in [0.1, 0.15) is 18.3 Å². The third-order valence-corrected chi connectivity index (χ3v) is 3.51. The smallest absolute Gasteiger partial charge is 0.330 e. The molecule has 9 heteroatoms. The number of nitrogens with zero attached hydrogens (tertiary/aromatic N) is 1. The van der Waals surface area contributed by atoms with Crippen LogP contribution in [0.4, 0.5) is 0 Å². The van der Waals surface area contributed by atoms with Gasteiger partial charge in [-0.1, -0.05) is 0 Å². The Morgan fingerprint density at radius 1 is 1.41 bits per heavy atom. The molecule has 22 heavy (non-hydrogen) atoms. The van der Waals surface area contributed by atoms with Crippen molar-refractivity contribution < 1.29 is 24.4 Å². The quantitative estimate of drug-likeness (QED) is 0.525. The number of hydrogen-bond acceptors (Lipinski definition) is 7. The average molecular weight is 316 g/mol. The van der Waals surface area contributed by atoms with Gasteiger partial charge < -0.3 is 24.4 Å². The Kier molecular flexibility index (Phi) is 5.48. The largest absolute Gasteiger partial charge is 0.394 e. The summed E-state index contributed by atoms with van der Waals surface area (Å²) in [5.41, 5.74) is -0.845. The summed E-state index contributed by atoms with van der Waals surface area (Å²) in [6, 6.07) is 0. The molecule has 0 bridgehead atoms. The fraction of sp³-hybridized carbons (Fsp3) is 0.692. The Hall–Kier alpha value is -1.52. The molecule has 1 aliphatic heterocycles. The highest BCUT2D eigenvalue weighted by Gasteiger charge is 2.45. The molecule has 0 saturated carbocycles. The van der Waals surface area contributed by atoms with Crippen LogP contribution in [0.1, 0.15) is 11.8 Å². The minimum Gasteiger partial charge on any atom is -0.394 e. The molecule has 1 aliphatic rings. The van der Waals surface area contributed by atoms with Gasteiger partial charge in [0.15, 0.2) is 6.23 Å². The van der Waals surface area contributed by atoms with Crippen molar-refractivity contribution in [3.8, 4) is 0 Å². The molecule has 1 aromatic heterocycles. The maximum Gasteiger partial charge on any atom is 0.330 e. The zero-order valence-electron chi connectivity index (χ0n) is 12.4. The molecule has 1 unspecified atom stereocenters. The molecule has 0 amide bonds. The predicted molar refractivity (Wildman–Crippen MR) is 74.7 cm³/mol. The molecule has 4 atom stereocenters. The van der Waals surface area contributed by atoms with Gasteiger partial charge >= 0.3 is 5.69 Å². The number of rotatable bonds is 6. The van der Waals surface area contributed by atoms with Crippen molar-refractivity contribution in [3.05, 3.63) is 32.6 Å². The number of nitrogens with one attached hydrogen (secondary N) is 1. The third-order valence-electron chi connectivity index (χ3n) is 3.51. The minimum atomic E-state index is -1.11. The molecule has 0 aliphatic carbocycles. The van der Waals surface area contributed by atoms with Crippen molar-refractivity contribution in [3.63, 3.8) is 0 Å². The van der Waals surface area contributed by atoms with Gasteiger partial charge in [0.25, 0.3) is 5.56 Å². The van der Waals surface area contributed by atoms with Gasteiger partial charge in [-0.25, -0.2) is 4.79 Å². The number of aliphatic hydroxyl groups is 2. The van der Waals surface area contributed by atoms with Gasteiger partial charge in [-0.2, -0.15) is 0 Å². The van der Waals surface area contributed by atoms with Crippen LogP contribution in [0.3, 0.4) is 0 Å². The van der Waals surface area contributed by atoms with Crippen LogP contribution in [0.25, 0.3) is 0 Å². The molecule has 124 valence electrons. The van der Waals surface area contributed by atoms with Crippen molar-refractivity contribution >= 4 is 0 Å². The van der Waals surface area contributed by atoms with Crippen molar-refractivity contribution in [2.45, 2.75) is 31.5 Å². The second-order valence-electron chi connectivity index (χ2n) is 5.05. The summed E-state index contributed by atoms with van der Waals surface area (Å²) >= 11 is 0. The first-order valence-electron chi connectivity index (χ1n) is 6.86. The van der Waals surface area contributed by atoms with E-state index >= 15 is 0 Å². The molecule has 1 aromatic rings. The predicted octanol–water partition coefficient (Wildman–Crippen LogP) is -1.87. The van der Waals surface area contributed by atoms with Crippen molar-refractivity contribution in [2.24, 2.45) is 0 Å². The highest BCUT2D eigenvalue weighted by atomic mass is 16.6. The lowest BCUT2D eigenvalue weighted by Gasteiger charge is -2.22. The molecular formula is C13H20N2O7. The number of aromatic nitrogens is 2. The van der Waals surface area contributed by atoms with Gasteiger partial charge in [0.2, 0.25) is 0 Å². The lowest BCUT2D eigenvalue weighted by Crippen LogP contribution is -2.40. The number of aromatic amines is 1. The van der Waals surface area contributed by atoms with Crippen LogP contribution in [-0.2, 0) is 14.2 Å². The first kappa shape index (κ1) is 16.8. The maximum absolute atomic E-state index is 12.0. The van der Waals surface area contributed by atoms with E-state index in [1.165, 1.54) is 13.3 Å². The number of H-pyrrole nitrogens is 1. The molecule has 9 nitrogen and oxygen atoms in total. The molecule has 0 radical (unpaired) electrons. The summed E-state index contributed by atoms with van der Waals surface area (Å²) in [6.45, 7) is 1.62. The summed E-state index contributed by atoms with van der Waals surface area (Å²) < 4.78 is 17.0. The second-order valence-corrected chi connectivity index (χ2v) is 5.05. The summed E-state index contributed by atoms with van der Waals surface area (Å²) in [5, 5.41) is 19.4. The zero-order valence-corrected chi connectivity index (χ0v) is 12.4. The van der Waals surface area contributed by atoms with E-state index in [4.69, 9.17) is 14.2 Å². The van der Waals surface area contributed by atoms with Gasteiger partial charge in [0.05, 0.1) is 19.8 Å². The third kappa shape index (κ3) is 3.28. The molecule has 1 saturated heterocycles. The van der Waals surface area contributed by atoms with Crippen LogP contribution < -0.4 is 11.2 Å². The maximum atomic E-state index is 12.0. The van der Waals surface area contributed by atoms with Gasteiger partial charge in [-0.05, 0) is 6.92 Å². The lowest BCUT2D eigenvalue weighted by molar-refractivity contribution is -0.0820. The van der Waals surface area contributed by atoms with E-state index in [-0.39, 0.29) is 6.61 Å². The number of ether oxygens (including phenoxy) is 3. The fourth-order valence-corrected chi connectivity index (χ4v) is 2.32. The SMILES string of the molecule is COCCOC1[C@H](n2cc(C)c(=O)[nH]c2=O)O[C@H](CO)[C@H]1O. The van der Waals surface area contributed by atoms with E-state index in [1.807, 2.05) is 0 Å². The van der Waals surface area contributed by atoms with Crippen LogP contribution >= 0.6 is 0 Å². The standard InChI is InChI=1S/C13H20N2O7/c1-7-5-15(13(19)14-11(7)18)12-10(21-4-3-20-2)9(17)8(6-16)22-12/h5,8-10,12,16-17H,3-4,6H2,1-2H3,(H,14,18,19)/t8-,9-,10?,12-/m1/s1. The molecular weight excluding hydrogens is 296 g/mol. The Labute approximate surface area is 126 Å². The van der Waals surface area contributed by atoms with E-state index in [2.05, 4.69) is 4.98 Å². The minimum absolute atomic E-state index is 0.188. The lowest BCUT2D eigenvalue weighted by atomic mass is 10.1. The molecule has 3 N–H and O–H groups in total. The van der Waals surface area contributed by atoms with Crippen LogP contribution in [-0.4, -0.2) is 65.0 Å². The van der Waals surface area contributed by atoms with Crippen LogP contribution in [0.2, 0.25) is 0 Å². The van der Waals surface area contributed by atoms with E-state index in [0.717, 1.165) is 4.57 Å². The average Bonchev–Trinajstić information content (AvgIpc) is 2.80. The monoisotopic (exact) mass is 316 g/mol. The van der Waals surface area contributed by atoms with Crippen LogP contribution in [0.5, 0.6) is 0 Å². The van der Waals surface area contributed by atoms with E-state index < -0.39 is 42.4 Å². The Morgan fingerprint density at radius 2 is 2.14 bits per heavy atom. The highest BCUT2D eigenvalue weighted by molar-refractivity contribution is 5.03. The first-order valence-corrected chi connectivity index (χ1v) is 6.86. The van der Waals surface area contributed by atoms with Crippen LogP contribution in [0, 0.1) is 6.92 Å². The topological polar surface area (TPSA) is 123 Å². The normalized spacial score (nSPS) is 28.2. The number of hydrogen-bond donors (Lipinski definition) is 3. The Morgan fingerprint density at radius 3 is 2.77 bits per heavy atom. The van der Waals surface area contributed by atoms with Crippen LogP contribution in [0.15, 0.2) is 15.8 Å².